The van der Waals surface area contributed by atoms with E-state index < -0.39 is 0 Å². The molecular formula is C13H17NO3. The molecule has 92 valence electrons. The molecule has 0 aromatic heterocycles. The van der Waals surface area contributed by atoms with Crippen LogP contribution in [-0.2, 0) is 14.3 Å². The summed E-state index contributed by atoms with van der Waals surface area (Å²) < 4.78 is 4.79. The molecule has 0 saturated carbocycles. The van der Waals surface area contributed by atoms with Crippen LogP contribution in [0.3, 0.4) is 0 Å². The number of nitrogens with one attached hydrogen (secondary N) is 1. The van der Waals surface area contributed by atoms with Gasteiger partial charge in [0.2, 0.25) is 0 Å². The fourth-order valence-corrected chi connectivity index (χ4v) is 1.26. The molecule has 0 unspecified atom stereocenters. The molecule has 0 aliphatic rings. The highest BCUT2D eigenvalue weighted by Gasteiger charge is 2.06. The highest BCUT2D eigenvalue weighted by atomic mass is 16.5. The number of amides is 1. The molecule has 0 heterocycles. The van der Waals surface area contributed by atoms with Crippen molar-refractivity contribution in [3.63, 3.8) is 0 Å². The molecule has 1 aromatic rings. The number of aryl methyl sites for hydroxylation is 1. The first-order valence-corrected chi connectivity index (χ1v) is 5.64. The van der Waals surface area contributed by atoms with Crippen molar-refractivity contribution in [1.82, 2.24) is 0 Å². The number of hydrogen-bond acceptors (Lipinski definition) is 3. The number of carbonyl (C=O) groups is 2. The topological polar surface area (TPSA) is 55.4 Å². The van der Waals surface area contributed by atoms with Crippen molar-refractivity contribution in [2.45, 2.75) is 26.7 Å². The first-order valence-electron chi connectivity index (χ1n) is 5.64. The van der Waals surface area contributed by atoms with Crippen LogP contribution in [0, 0.1) is 6.92 Å². The Hall–Kier alpha value is -1.84. The van der Waals surface area contributed by atoms with Crippen LogP contribution in [0.25, 0.3) is 0 Å². The van der Waals surface area contributed by atoms with Crippen LogP contribution < -0.4 is 5.32 Å². The van der Waals surface area contributed by atoms with E-state index >= 15 is 0 Å². The van der Waals surface area contributed by atoms with Gasteiger partial charge >= 0.3 is 5.97 Å². The highest BCUT2D eigenvalue weighted by Crippen LogP contribution is 2.08. The molecule has 1 aromatic carbocycles. The van der Waals surface area contributed by atoms with Gasteiger partial charge in [-0.3, -0.25) is 9.59 Å². The van der Waals surface area contributed by atoms with Gasteiger partial charge in [-0.05, 0) is 25.5 Å². The van der Waals surface area contributed by atoms with Crippen molar-refractivity contribution in [1.29, 1.82) is 0 Å². The Bertz CT molecular complexity index is 384. The molecule has 0 atom stereocenters. The zero-order valence-corrected chi connectivity index (χ0v) is 10.2. The summed E-state index contributed by atoms with van der Waals surface area (Å²) in [5.41, 5.74) is 1.82. The van der Waals surface area contributed by atoms with Gasteiger partial charge < -0.3 is 10.1 Å². The standard InChI is InChI=1S/C13H17NO3/c1-3-4-13(16)17-9-12(15)14-11-7-5-10(2)6-8-11/h5-8H,3-4,9H2,1-2H3,(H,14,15). The Morgan fingerprint density at radius 2 is 1.88 bits per heavy atom. The van der Waals surface area contributed by atoms with Crippen LogP contribution in [0.15, 0.2) is 24.3 Å². The van der Waals surface area contributed by atoms with Crippen LogP contribution in [0.5, 0.6) is 0 Å². The Balaban J connectivity index is 2.34. The Morgan fingerprint density at radius 3 is 2.47 bits per heavy atom. The third-order valence-corrected chi connectivity index (χ3v) is 2.15. The lowest BCUT2D eigenvalue weighted by Gasteiger charge is -2.06. The van der Waals surface area contributed by atoms with E-state index in [1.807, 2.05) is 26.0 Å². The normalized spacial score (nSPS) is 9.76. The Morgan fingerprint density at radius 1 is 1.24 bits per heavy atom. The molecule has 0 fully saturated rings. The molecule has 0 radical (unpaired) electrons. The summed E-state index contributed by atoms with van der Waals surface area (Å²) in [6.07, 6.45) is 1.07. The lowest BCUT2D eigenvalue weighted by Crippen LogP contribution is -2.20. The zero-order chi connectivity index (χ0) is 12.7. The monoisotopic (exact) mass is 235 g/mol. The van der Waals surface area contributed by atoms with E-state index in [2.05, 4.69) is 5.32 Å². The van der Waals surface area contributed by atoms with Crippen molar-refractivity contribution in [3.8, 4) is 0 Å². The lowest BCUT2D eigenvalue weighted by molar-refractivity contribution is -0.147. The van der Waals surface area contributed by atoms with Crippen LogP contribution in [0.4, 0.5) is 5.69 Å². The SMILES string of the molecule is CCCC(=O)OCC(=O)Nc1ccc(C)cc1. The molecule has 1 N–H and O–H groups in total. The van der Waals surface area contributed by atoms with Crippen LogP contribution in [0.2, 0.25) is 0 Å². The van der Waals surface area contributed by atoms with E-state index in [0.29, 0.717) is 12.1 Å². The van der Waals surface area contributed by atoms with Crippen molar-refractivity contribution in [2.75, 3.05) is 11.9 Å². The molecular weight excluding hydrogens is 218 g/mol. The lowest BCUT2D eigenvalue weighted by atomic mass is 10.2. The molecule has 0 aliphatic heterocycles. The van der Waals surface area contributed by atoms with Gasteiger partial charge in [0, 0.05) is 12.1 Å². The summed E-state index contributed by atoms with van der Waals surface area (Å²) in [6.45, 7) is 3.62. The van der Waals surface area contributed by atoms with Gasteiger partial charge in [0.05, 0.1) is 0 Å². The number of ether oxygens (including phenoxy) is 1. The number of hydrogen-bond donors (Lipinski definition) is 1. The highest BCUT2D eigenvalue weighted by molar-refractivity contribution is 5.92. The fraction of sp³-hybridized carbons (Fsp3) is 0.385. The summed E-state index contributed by atoms with van der Waals surface area (Å²) in [7, 11) is 0. The minimum absolute atomic E-state index is 0.229. The van der Waals surface area contributed by atoms with E-state index in [9.17, 15) is 9.59 Å². The molecule has 1 rings (SSSR count). The summed E-state index contributed by atoms with van der Waals surface area (Å²) in [5.74, 6) is -0.662. The quantitative estimate of drug-likeness (QED) is 0.796. The number of rotatable bonds is 5. The minimum atomic E-state index is -0.341. The van der Waals surface area contributed by atoms with Crippen LogP contribution >= 0.6 is 0 Å². The maximum absolute atomic E-state index is 11.4. The van der Waals surface area contributed by atoms with Crippen molar-refractivity contribution in [2.24, 2.45) is 0 Å². The van der Waals surface area contributed by atoms with Gasteiger partial charge in [-0.25, -0.2) is 0 Å². The molecule has 0 aliphatic carbocycles. The predicted octanol–water partition coefficient (Wildman–Crippen LogP) is 2.28. The van der Waals surface area contributed by atoms with Gasteiger partial charge in [-0.15, -0.1) is 0 Å². The molecule has 4 nitrogen and oxygen atoms in total. The summed E-state index contributed by atoms with van der Waals surface area (Å²) in [6, 6.07) is 7.42. The number of anilines is 1. The first-order chi connectivity index (χ1) is 8.11. The molecule has 0 saturated heterocycles. The largest absolute Gasteiger partial charge is 0.456 e. The average molecular weight is 235 g/mol. The average Bonchev–Trinajstić information content (AvgIpc) is 2.30. The molecule has 0 bridgehead atoms. The van der Waals surface area contributed by atoms with Gasteiger partial charge in [0.25, 0.3) is 5.91 Å². The van der Waals surface area contributed by atoms with Gasteiger partial charge in [-0.1, -0.05) is 24.6 Å². The van der Waals surface area contributed by atoms with E-state index in [-0.39, 0.29) is 18.5 Å². The number of carbonyl (C=O) groups excluding carboxylic acids is 2. The zero-order valence-electron chi connectivity index (χ0n) is 10.2. The van der Waals surface area contributed by atoms with Gasteiger partial charge in [-0.2, -0.15) is 0 Å². The summed E-state index contributed by atoms with van der Waals surface area (Å²) in [5, 5.41) is 2.65. The minimum Gasteiger partial charge on any atom is -0.456 e. The number of benzene rings is 1. The van der Waals surface area contributed by atoms with Gasteiger partial charge in [0.15, 0.2) is 6.61 Å². The smallest absolute Gasteiger partial charge is 0.306 e. The third-order valence-electron chi connectivity index (χ3n) is 2.15. The summed E-state index contributed by atoms with van der Waals surface area (Å²) in [4.78, 5) is 22.5. The van der Waals surface area contributed by atoms with E-state index in [4.69, 9.17) is 4.74 Å². The molecule has 17 heavy (non-hydrogen) atoms. The van der Waals surface area contributed by atoms with E-state index in [1.165, 1.54) is 0 Å². The van der Waals surface area contributed by atoms with Crippen LogP contribution in [-0.4, -0.2) is 18.5 Å². The first kappa shape index (κ1) is 13.2. The Kier molecular flexibility index (Phi) is 5.20. The van der Waals surface area contributed by atoms with E-state index in [1.54, 1.807) is 12.1 Å². The van der Waals surface area contributed by atoms with Crippen molar-refractivity contribution in [3.05, 3.63) is 29.8 Å². The van der Waals surface area contributed by atoms with Crippen molar-refractivity contribution >= 4 is 17.6 Å². The Labute approximate surface area is 101 Å². The third kappa shape index (κ3) is 5.15. The van der Waals surface area contributed by atoms with Crippen LogP contribution in [0.1, 0.15) is 25.3 Å². The molecule has 4 heteroatoms. The molecule has 0 spiro atoms. The predicted molar refractivity (Wildman–Crippen MR) is 65.7 cm³/mol. The second-order valence-corrected chi connectivity index (χ2v) is 3.82. The summed E-state index contributed by atoms with van der Waals surface area (Å²) >= 11 is 0. The maximum atomic E-state index is 11.4. The van der Waals surface area contributed by atoms with Crippen molar-refractivity contribution < 1.29 is 14.3 Å². The fourth-order valence-electron chi connectivity index (χ4n) is 1.26. The maximum Gasteiger partial charge on any atom is 0.306 e. The second kappa shape index (κ2) is 6.68. The van der Waals surface area contributed by atoms with Gasteiger partial charge in [0.1, 0.15) is 0 Å². The molecule has 1 amide bonds. The second-order valence-electron chi connectivity index (χ2n) is 3.82. The number of esters is 1. The van der Waals surface area contributed by atoms with E-state index in [0.717, 1.165) is 12.0 Å².